The van der Waals surface area contributed by atoms with Crippen molar-refractivity contribution in [3.8, 4) is 16.8 Å². The number of nitrogens with two attached hydrogens (primary N) is 1. The van der Waals surface area contributed by atoms with Crippen LogP contribution in [0, 0.1) is 18.6 Å². The Morgan fingerprint density at radius 1 is 1.15 bits per heavy atom. The van der Waals surface area contributed by atoms with Crippen LogP contribution in [0.5, 0.6) is 0 Å². The SMILES string of the molecule is C=CC(=O)N1CC2C(=O)Nc3c(F)c(-c4c(N)c(Cl)cc(Cl)c4F)c(Cl)c4c3c(nc(=O)n4-c3c(C)ccnc3C(C)C)N2CC1C. The Morgan fingerprint density at radius 2 is 1.85 bits per heavy atom. The average Bonchev–Trinajstić information content (AvgIpc) is 3.13. The maximum Gasteiger partial charge on any atom is 0.354 e. The van der Waals surface area contributed by atoms with E-state index in [1.165, 1.54) is 9.47 Å². The summed E-state index contributed by atoms with van der Waals surface area (Å²) in [5.41, 5.74) is 4.82. The number of nitrogen functional groups attached to an aromatic ring is 1. The van der Waals surface area contributed by atoms with Gasteiger partial charge in [0.2, 0.25) is 11.8 Å². The summed E-state index contributed by atoms with van der Waals surface area (Å²) in [5, 5.41) is 1.56. The number of amides is 2. The number of nitrogens with one attached hydrogen (secondary N) is 1. The summed E-state index contributed by atoms with van der Waals surface area (Å²) in [5.74, 6) is -3.63. The number of fused-ring (bicyclic) bond motifs is 2. The van der Waals surface area contributed by atoms with E-state index in [4.69, 9.17) is 40.5 Å². The van der Waals surface area contributed by atoms with Gasteiger partial charge in [-0.25, -0.2) is 13.6 Å². The average molecular weight is 703 g/mol. The second kappa shape index (κ2) is 11.8. The number of nitrogens with zero attached hydrogens (tertiary/aromatic N) is 5. The van der Waals surface area contributed by atoms with Gasteiger partial charge < -0.3 is 20.9 Å². The fraction of sp³-hybridized carbons (Fsp3) is 0.281. The minimum atomic E-state index is -1.16. The Kier molecular flexibility index (Phi) is 8.18. The third kappa shape index (κ3) is 4.92. The molecule has 0 saturated carbocycles. The molecule has 1 saturated heterocycles. The number of pyridine rings is 1. The van der Waals surface area contributed by atoms with Crippen LogP contribution in [0.1, 0.15) is 37.9 Å². The Labute approximate surface area is 282 Å². The predicted octanol–water partition coefficient (Wildman–Crippen LogP) is 6.24. The number of hydrogen-bond donors (Lipinski definition) is 2. The van der Waals surface area contributed by atoms with E-state index in [9.17, 15) is 14.4 Å². The number of aromatic nitrogens is 3. The monoisotopic (exact) mass is 701 g/mol. The van der Waals surface area contributed by atoms with Crippen molar-refractivity contribution in [3.05, 3.63) is 79.4 Å². The van der Waals surface area contributed by atoms with E-state index in [1.54, 1.807) is 31.0 Å². The highest BCUT2D eigenvalue weighted by Gasteiger charge is 2.43. The molecule has 6 rings (SSSR count). The van der Waals surface area contributed by atoms with Gasteiger partial charge in [-0.3, -0.25) is 19.1 Å². The third-order valence-electron chi connectivity index (χ3n) is 8.60. The minimum Gasteiger partial charge on any atom is -0.397 e. The Morgan fingerprint density at radius 3 is 2.51 bits per heavy atom. The number of halogens is 5. The molecule has 2 aliphatic rings. The highest BCUT2D eigenvalue weighted by molar-refractivity contribution is 6.41. The molecule has 2 unspecified atom stereocenters. The molecule has 0 spiro atoms. The van der Waals surface area contributed by atoms with Crippen molar-refractivity contribution >= 4 is 74.7 Å². The van der Waals surface area contributed by atoms with Crippen molar-refractivity contribution < 1.29 is 18.4 Å². The van der Waals surface area contributed by atoms with Crippen LogP contribution in [0.3, 0.4) is 0 Å². The number of rotatable bonds is 4. The number of benzene rings is 2. The van der Waals surface area contributed by atoms with Crippen LogP contribution < -0.4 is 21.6 Å². The summed E-state index contributed by atoms with van der Waals surface area (Å²) >= 11 is 19.5. The Bertz CT molecular complexity index is 2090. The third-order valence-corrected chi connectivity index (χ3v) is 9.55. The van der Waals surface area contributed by atoms with Gasteiger partial charge in [0.15, 0.2) is 11.6 Å². The first-order valence-electron chi connectivity index (χ1n) is 14.6. The number of anilines is 3. The standard InChI is InChI=1S/C32H28Cl3F2N7O3/c1-6-18(45)42-11-17-31(46)40-27-21-29(22(35)19(24(27)37)20-23(36)15(33)9-16(34)25(20)38)44(28-13(4)7-8-39-26(28)12(2)3)32(47)41-30(21)43(17)10-14(42)5/h6-9,12,14,17H,1,10-11,38H2,2-5H3,(H,40,46). The van der Waals surface area contributed by atoms with E-state index >= 15 is 8.78 Å². The van der Waals surface area contributed by atoms with Gasteiger partial charge in [-0.2, -0.15) is 4.98 Å². The summed E-state index contributed by atoms with van der Waals surface area (Å²) in [6, 6.07) is 1.21. The molecule has 2 aromatic heterocycles. The molecule has 2 amide bonds. The molecule has 244 valence electrons. The molecule has 0 radical (unpaired) electrons. The maximum absolute atomic E-state index is 17.0. The van der Waals surface area contributed by atoms with Gasteiger partial charge in [0, 0.05) is 29.9 Å². The second-order valence-electron chi connectivity index (χ2n) is 11.8. The maximum atomic E-state index is 17.0. The largest absolute Gasteiger partial charge is 0.397 e. The van der Waals surface area contributed by atoms with Gasteiger partial charge in [0.1, 0.15) is 11.9 Å². The number of hydrogen-bond acceptors (Lipinski definition) is 7. The van der Waals surface area contributed by atoms with Crippen molar-refractivity contribution in [2.75, 3.05) is 29.0 Å². The molecule has 4 aromatic rings. The normalized spacial score (nSPS) is 17.5. The lowest BCUT2D eigenvalue weighted by Gasteiger charge is -2.44. The van der Waals surface area contributed by atoms with E-state index in [2.05, 4.69) is 21.9 Å². The molecule has 0 aliphatic carbocycles. The lowest BCUT2D eigenvalue weighted by Crippen LogP contribution is -2.62. The van der Waals surface area contributed by atoms with Crippen molar-refractivity contribution in [3.63, 3.8) is 0 Å². The molecular weight excluding hydrogens is 675 g/mol. The summed E-state index contributed by atoms with van der Waals surface area (Å²) < 4.78 is 34.1. The highest BCUT2D eigenvalue weighted by atomic mass is 35.5. The van der Waals surface area contributed by atoms with Crippen molar-refractivity contribution in [1.29, 1.82) is 0 Å². The van der Waals surface area contributed by atoms with Crippen LogP contribution in [0.25, 0.3) is 27.7 Å². The Hall–Kier alpha value is -4.26. The van der Waals surface area contributed by atoms with Crippen molar-refractivity contribution in [2.45, 2.75) is 45.7 Å². The lowest BCUT2D eigenvalue weighted by atomic mass is 9.97. The molecule has 0 bridgehead atoms. The molecule has 2 atom stereocenters. The van der Waals surface area contributed by atoms with E-state index in [0.717, 1.165) is 12.1 Å². The van der Waals surface area contributed by atoms with Crippen LogP contribution in [0.15, 0.2) is 35.8 Å². The van der Waals surface area contributed by atoms with Gasteiger partial charge in [0.05, 0.1) is 55.3 Å². The second-order valence-corrected chi connectivity index (χ2v) is 13.0. The highest BCUT2D eigenvalue weighted by Crippen LogP contribution is 2.50. The Balaban J connectivity index is 1.82. The predicted molar refractivity (Wildman–Crippen MR) is 180 cm³/mol. The molecular formula is C32H28Cl3F2N7O3. The topological polar surface area (TPSA) is 126 Å². The van der Waals surface area contributed by atoms with Crippen LogP contribution in [-0.4, -0.2) is 56.4 Å². The van der Waals surface area contributed by atoms with E-state index < -0.39 is 68.1 Å². The smallest absolute Gasteiger partial charge is 0.354 e. The van der Waals surface area contributed by atoms with Gasteiger partial charge in [-0.1, -0.05) is 55.2 Å². The van der Waals surface area contributed by atoms with Gasteiger partial charge >= 0.3 is 5.69 Å². The van der Waals surface area contributed by atoms with Crippen LogP contribution in [0.4, 0.5) is 26.0 Å². The first-order valence-corrected chi connectivity index (χ1v) is 15.7. The van der Waals surface area contributed by atoms with Gasteiger partial charge in [0.25, 0.3) is 0 Å². The first-order chi connectivity index (χ1) is 22.2. The first kappa shape index (κ1) is 32.7. The number of carbonyl (C=O) groups excluding carboxylic acids is 2. The fourth-order valence-electron chi connectivity index (χ4n) is 6.35. The molecule has 3 N–H and O–H groups in total. The van der Waals surface area contributed by atoms with E-state index in [0.29, 0.717) is 16.9 Å². The van der Waals surface area contributed by atoms with Crippen molar-refractivity contribution in [1.82, 2.24) is 19.4 Å². The van der Waals surface area contributed by atoms with Crippen LogP contribution in [-0.2, 0) is 9.59 Å². The van der Waals surface area contributed by atoms with E-state index in [1.807, 2.05) is 13.8 Å². The molecule has 47 heavy (non-hydrogen) atoms. The molecule has 2 aromatic carbocycles. The zero-order chi connectivity index (χ0) is 34.2. The summed E-state index contributed by atoms with van der Waals surface area (Å²) in [6.45, 7) is 10.8. The summed E-state index contributed by atoms with van der Waals surface area (Å²) in [6.07, 6.45) is 2.73. The minimum absolute atomic E-state index is 0.0209. The fourth-order valence-corrected chi connectivity index (χ4v) is 7.17. The molecule has 1 fully saturated rings. The summed E-state index contributed by atoms with van der Waals surface area (Å²) in [4.78, 5) is 52.8. The van der Waals surface area contributed by atoms with Crippen LogP contribution >= 0.6 is 34.8 Å². The van der Waals surface area contributed by atoms with E-state index in [-0.39, 0.29) is 46.4 Å². The summed E-state index contributed by atoms with van der Waals surface area (Å²) in [7, 11) is 0. The van der Waals surface area contributed by atoms with Gasteiger partial charge in [-0.15, -0.1) is 0 Å². The van der Waals surface area contributed by atoms with Crippen molar-refractivity contribution in [2.24, 2.45) is 0 Å². The van der Waals surface area contributed by atoms with Gasteiger partial charge in [-0.05, 0) is 43.5 Å². The molecule has 2 aliphatic heterocycles. The lowest BCUT2D eigenvalue weighted by molar-refractivity contribution is -0.130. The molecule has 4 heterocycles. The number of piperazine rings is 1. The number of aryl methyl sites for hydroxylation is 1. The zero-order valence-electron chi connectivity index (χ0n) is 25.6. The van der Waals surface area contributed by atoms with Crippen LogP contribution in [0.2, 0.25) is 15.1 Å². The quantitative estimate of drug-likeness (QED) is 0.146. The zero-order valence-corrected chi connectivity index (χ0v) is 27.9. The molecule has 15 heteroatoms. The molecule has 10 nitrogen and oxygen atoms in total. The number of carbonyl (C=O) groups is 2.